The van der Waals surface area contributed by atoms with E-state index >= 15 is 0 Å². The van der Waals surface area contributed by atoms with E-state index in [0.29, 0.717) is 5.56 Å². The standard InChI is InChI=1S/C21H28F3NO3/c1-19(28-3)12-10-17(11-13-19)25(16-8-9-16)18(26)14-4-6-15(7-5-14)20(2,27)21(22,23)24/h4-7,16-17,27H,8-13H2,1-3H3/t17?,19?,20-/m0/s1. The summed E-state index contributed by atoms with van der Waals surface area (Å²) in [7, 11) is 1.71. The second-order valence-corrected chi connectivity index (χ2v) is 8.48. The summed E-state index contributed by atoms with van der Waals surface area (Å²) < 4.78 is 44.6. The van der Waals surface area contributed by atoms with Crippen LogP contribution in [0.2, 0.25) is 0 Å². The lowest BCUT2D eigenvalue weighted by Crippen LogP contribution is -2.47. The summed E-state index contributed by atoms with van der Waals surface area (Å²) in [5.41, 5.74) is -3.02. The molecule has 7 heteroatoms. The summed E-state index contributed by atoms with van der Waals surface area (Å²) in [5, 5.41) is 9.80. The third-order valence-corrected chi connectivity index (χ3v) is 6.32. The summed E-state index contributed by atoms with van der Waals surface area (Å²) in [5.74, 6) is -0.147. The predicted molar refractivity (Wildman–Crippen MR) is 98.9 cm³/mol. The Balaban J connectivity index is 1.76. The molecule has 4 nitrogen and oxygen atoms in total. The van der Waals surface area contributed by atoms with Gasteiger partial charge >= 0.3 is 6.18 Å². The molecule has 2 aliphatic rings. The second kappa shape index (κ2) is 7.34. The van der Waals surface area contributed by atoms with Crippen LogP contribution in [0.4, 0.5) is 13.2 Å². The highest BCUT2D eigenvalue weighted by atomic mass is 19.4. The van der Waals surface area contributed by atoms with Gasteiger partial charge in [0.25, 0.3) is 5.91 Å². The number of carbonyl (C=O) groups is 1. The van der Waals surface area contributed by atoms with E-state index in [1.807, 2.05) is 4.90 Å². The molecule has 2 aliphatic carbocycles. The molecule has 0 aromatic heterocycles. The number of amides is 1. The fourth-order valence-electron chi connectivity index (χ4n) is 3.93. The van der Waals surface area contributed by atoms with Crippen LogP contribution in [0.15, 0.2) is 24.3 Å². The monoisotopic (exact) mass is 399 g/mol. The van der Waals surface area contributed by atoms with Crippen LogP contribution in [0.3, 0.4) is 0 Å². The average Bonchev–Trinajstić information content (AvgIpc) is 3.48. The average molecular weight is 399 g/mol. The number of methoxy groups -OCH3 is 1. The van der Waals surface area contributed by atoms with Crippen molar-refractivity contribution >= 4 is 5.91 Å². The van der Waals surface area contributed by atoms with Crippen LogP contribution in [0, 0.1) is 0 Å². The molecule has 0 spiro atoms. The molecule has 1 amide bonds. The van der Waals surface area contributed by atoms with Gasteiger partial charge in [-0.2, -0.15) is 13.2 Å². The fourth-order valence-corrected chi connectivity index (χ4v) is 3.93. The molecule has 1 aromatic carbocycles. The number of nitrogens with zero attached hydrogens (tertiary/aromatic N) is 1. The molecule has 3 rings (SSSR count). The van der Waals surface area contributed by atoms with Gasteiger partial charge in [-0.05, 0) is 70.1 Å². The first-order chi connectivity index (χ1) is 13.0. The zero-order valence-electron chi connectivity index (χ0n) is 16.6. The maximum Gasteiger partial charge on any atom is 0.421 e. The first-order valence-corrected chi connectivity index (χ1v) is 9.76. The molecular formula is C21H28F3NO3. The Morgan fingerprint density at radius 1 is 1.11 bits per heavy atom. The SMILES string of the molecule is COC1(C)CCC(N(C(=O)c2ccc([C@](C)(O)C(F)(F)F)cc2)C2CC2)CC1. The molecular weight excluding hydrogens is 371 g/mol. The highest BCUT2D eigenvalue weighted by Crippen LogP contribution is 2.40. The molecule has 0 unspecified atom stereocenters. The summed E-state index contributed by atoms with van der Waals surface area (Å²) in [6.45, 7) is 2.80. The van der Waals surface area contributed by atoms with Gasteiger partial charge in [0.1, 0.15) is 0 Å². The van der Waals surface area contributed by atoms with Gasteiger partial charge in [-0.15, -0.1) is 0 Å². The number of carbonyl (C=O) groups excluding carboxylic acids is 1. The first kappa shape index (κ1) is 21.1. The van der Waals surface area contributed by atoms with Crippen molar-refractivity contribution in [2.45, 2.75) is 81.8 Å². The minimum atomic E-state index is -4.78. The Morgan fingerprint density at radius 3 is 2.04 bits per heavy atom. The van der Waals surface area contributed by atoms with Crippen molar-refractivity contribution in [1.82, 2.24) is 4.90 Å². The van der Waals surface area contributed by atoms with Crippen LogP contribution in [0.1, 0.15) is 68.3 Å². The zero-order valence-corrected chi connectivity index (χ0v) is 16.6. The topological polar surface area (TPSA) is 49.8 Å². The van der Waals surface area contributed by atoms with Gasteiger partial charge in [-0.1, -0.05) is 12.1 Å². The summed E-state index contributed by atoms with van der Waals surface area (Å²) >= 11 is 0. The van der Waals surface area contributed by atoms with E-state index in [2.05, 4.69) is 6.92 Å². The van der Waals surface area contributed by atoms with Gasteiger partial charge in [0.05, 0.1) is 5.60 Å². The predicted octanol–water partition coefficient (Wildman–Crippen LogP) is 4.41. The maximum absolute atomic E-state index is 13.1. The van der Waals surface area contributed by atoms with E-state index in [4.69, 9.17) is 4.74 Å². The molecule has 0 aliphatic heterocycles. The van der Waals surface area contributed by atoms with E-state index in [9.17, 15) is 23.1 Å². The number of alkyl halides is 3. The number of aliphatic hydroxyl groups is 1. The molecule has 2 fully saturated rings. The number of hydrogen-bond acceptors (Lipinski definition) is 3. The van der Waals surface area contributed by atoms with Crippen molar-refractivity contribution in [2.24, 2.45) is 0 Å². The van der Waals surface area contributed by atoms with Crippen molar-refractivity contribution < 1.29 is 27.8 Å². The Bertz CT molecular complexity index is 703. The van der Waals surface area contributed by atoms with Crippen molar-refractivity contribution in [3.05, 3.63) is 35.4 Å². The lowest BCUT2D eigenvalue weighted by molar-refractivity contribution is -0.258. The minimum Gasteiger partial charge on any atom is -0.379 e. The van der Waals surface area contributed by atoms with E-state index in [-0.39, 0.29) is 29.2 Å². The number of ether oxygens (including phenoxy) is 1. The van der Waals surface area contributed by atoms with Crippen molar-refractivity contribution in [2.75, 3.05) is 7.11 Å². The fraction of sp³-hybridized carbons (Fsp3) is 0.667. The Kier molecular flexibility index (Phi) is 5.53. The molecule has 0 saturated heterocycles. The van der Waals surface area contributed by atoms with Gasteiger partial charge in [0.15, 0.2) is 5.60 Å². The highest BCUT2D eigenvalue weighted by molar-refractivity contribution is 5.95. The van der Waals surface area contributed by atoms with Gasteiger partial charge in [-0.25, -0.2) is 0 Å². The van der Waals surface area contributed by atoms with E-state index < -0.39 is 11.8 Å². The first-order valence-electron chi connectivity index (χ1n) is 9.76. The van der Waals surface area contributed by atoms with Crippen LogP contribution in [0.25, 0.3) is 0 Å². The third kappa shape index (κ3) is 4.06. The molecule has 156 valence electrons. The Morgan fingerprint density at radius 2 is 1.61 bits per heavy atom. The Hall–Kier alpha value is -1.60. The van der Waals surface area contributed by atoms with Crippen molar-refractivity contribution in [1.29, 1.82) is 0 Å². The number of rotatable bonds is 5. The molecule has 2 saturated carbocycles. The van der Waals surface area contributed by atoms with Gasteiger partial charge in [0.2, 0.25) is 0 Å². The zero-order chi connectivity index (χ0) is 20.7. The molecule has 0 radical (unpaired) electrons. The van der Waals surface area contributed by atoms with Gasteiger partial charge < -0.3 is 14.7 Å². The number of benzene rings is 1. The van der Waals surface area contributed by atoms with Gasteiger partial charge in [0, 0.05) is 24.8 Å². The summed E-state index contributed by atoms with van der Waals surface area (Å²) in [4.78, 5) is 15.0. The lowest BCUT2D eigenvalue weighted by atomic mass is 9.82. The smallest absolute Gasteiger partial charge is 0.379 e. The lowest BCUT2D eigenvalue weighted by Gasteiger charge is -2.41. The van der Waals surface area contributed by atoms with Crippen LogP contribution in [-0.2, 0) is 10.3 Å². The largest absolute Gasteiger partial charge is 0.421 e. The molecule has 0 bridgehead atoms. The van der Waals surface area contributed by atoms with E-state index in [1.165, 1.54) is 24.3 Å². The van der Waals surface area contributed by atoms with Crippen LogP contribution < -0.4 is 0 Å². The Labute approximate surface area is 163 Å². The van der Waals surface area contributed by atoms with Crippen molar-refractivity contribution in [3.8, 4) is 0 Å². The molecule has 1 aromatic rings. The minimum absolute atomic E-state index is 0.126. The van der Waals surface area contributed by atoms with Gasteiger partial charge in [-0.3, -0.25) is 4.79 Å². The van der Waals surface area contributed by atoms with Crippen molar-refractivity contribution in [3.63, 3.8) is 0 Å². The van der Waals surface area contributed by atoms with E-state index in [0.717, 1.165) is 45.4 Å². The molecule has 0 heterocycles. The molecule has 1 atom stereocenters. The van der Waals surface area contributed by atoms with Crippen LogP contribution in [0.5, 0.6) is 0 Å². The molecule has 1 N–H and O–H groups in total. The number of halogens is 3. The summed E-state index contributed by atoms with van der Waals surface area (Å²) in [6, 6.07) is 5.48. The van der Waals surface area contributed by atoms with E-state index in [1.54, 1.807) is 7.11 Å². The maximum atomic E-state index is 13.1. The molecule has 28 heavy (non-hydrogen) atoms. The van der Waals surface area contributed by atoms with Crippen LogP contribution in [-0.4, -0.2) is 46.9 Å². The second-order valence-electron chi connectivity index (χ2n) is 8.48. The quantitative estimate of drug-likeness (QED) is 0.798. The normalized spacial score (nSPS) is 27.9. The third-order valence-electron chi connectivity index (χ3n) is 6.32. The number of hydrogen-bond donors (Lipinski definition) is 1. The van der Waals surface area contributed by atoms with Crippen LogP contribution >= 0.6 is 0 Å². The highest BCUT2D eigenvalue weighted by Gasteiger charge is 2.51. The summed E-state index contributed by atoms with van der Waals surface area (Å²) in [6.07, 6.45) is 0.598.